The molecule has 12 rings (SSSR count). The summed E-state index contributed by atoms with van der Waals surface area (Å²) in [6.45, 7) is 65.7. The van der Waals surface area contributed by atoms with Crippen LogP contribution in [0, 0.1) is 109 Å². The molecule has 0 spiro atoms. The van der Waals surface area contributed by atoms with Gasteiger partial charge in [0.2, 0.25) is 0 Å². The van der Waals surface area contributed by atoms with Crippen LogP contribution in [0.2, 0.25) is 0 Å². The number of furan rings is 3. The van der Waals surface area contributed by atoms with Crippen molar-refractivity contribution in [2.75, 3.05) is 0 Å². The van der Waals surface area contributed by atoms with Crippen LogP contribution < -0.4 is 0 Å². The second kappa shape index (κ2) is 54.2. The molecule has 12 nitrogen and oxygen atoms in total. The average Bonchev–Trinajstić information content (AvgIpc) is 1.59. The normalized spacial score (nSPS) is 11.9. The van der Waals surface area contributed by atoms with Gasteiger partial charge in [-0.2, -0.15) is 0 Å². The number of hydrogen-bond acceptors (Lipinski definition) is 12. The molecule has 3 N–H and O–H groups in total. The first-order valence-corrected chi connectivity index (χ1v) is 48.2. The molecule has 0 aliphatic heterocycles. The number of carbonyl (C=O) groups excluding carboxylic acids is 3. The van der Waals surface area contributed by atoms with Gasteiger partial charge >= 0.3 is 0 Å². The molecule has 6 aromatic carbocycles. The molecule has 729 valence electrons. The number of pyridine rings is 3. The number of hydrogen-bond donors (Lipinski definition) is 3. The summed E-state index contributed by atoms with van der Waals surface area (Å²) in [5.41, 5.74) is 26.7. The van der Waals surface area contributed by atoms with Gasteiger partial charge in [-0.3, -0.25) is 14.4 Å². The van der Waals surface area contributed by atoms with E-state index >= 15 is 0 Å². The van der Waals surface area contributed by atoms with Crippen LogP contribution in [0.25, 0.3) is 101 Å². The zero-order valence-electron chi connectivity index (χ0n) is 86.2. The predicted octanol–water partition coefficient (Wildman–Crippen LogP) is 34.0. The van der Waals surface area contributed by atoms with Crippen LogP contribution in [-0.2, 0) is 90.9 Å². The molecule has 0 unspecified atom stereocenters. The first kappa shape index (κ1) is 117. The molecule has 0 saturated heterocycles. The Labute approximate surface area is 845 Å². The van der Waals surface area contributed by atoms with Crippen molar-refractivity contribution in [3.05, 3.63) is 266 Å². The van der Waals surface area contributed by atoms with Gasteiger partial charge in [-0.25, -0.2) is 0 Å². The fraction of sp³-hybridized carbons (Fsp3) is 0.445. The van der Waals surface area contributed by atoms with Crippen LogP contribution in [0.1, 0.15) is 309 Å². The van der Waals surface area contributed by atoms with Crippen molar-refractivity contribution in [2.45, 2.75) is 314 Å². The molecule has 0 fully saturated rings. The second-order valence-electron chi connectivity index (χ2n) is 39.2. The van der Waals surface area contributed by atoms with Crippen LogP contribution in [0.5, 0.6) is 0 Å². The number of fused-ring (bicyclic) bond motifs is 3. The van der Waals surface area contributed by atoms with Gasteiger partial charge < -0.3 is 43.5 Å². The summed E-state index contributed by atoms with van der Waals surface area (Å²) in [5.74, 6) is 4.83. The van der Waals surface area contributed by atoms with Gasteiger partial charge in [0.15, 0.2) is 17.3 Å². The number of aryl methyl sites for hydroxylation is 8. The summed E-state index contributed by atoms with van der Waals surface area (Å²) in [5, 5.41) is 32.3. The number of nitrogens with zero attached hydrogens (tertiary/aromatic N) is 3. The number of benzene rings is 6. The Bertz CT molecular complexity index is 5640. The molecule has 0 atom stereocenters. The Morgan fingerprint density at radius 3 is 0.858 bits per heavy atom. The molecule has 134 heavy (non-hydrogen) atoms. The largest absolute Gasteiger partial charge is 0.512 e. The fourth-order valence-corrected chi connectivity index (χ4v) is 16.5. The van der Waals surface area contributed by atoms with Crippen molar-refractivity contribution in [3.63, 3.8) is 0 Å². The topological polar surface area (TPSA) is 190 Å². The number of ketones is 3. The summed E-state index contributed by atoms with van der Waals surface area (Å²) in [6, 6.07) is 55.2. The number of allylic oxidation sites excluding steroid dienone is 6. The van der Waals surface area contributed by atoms with Gasteiger partial charge in [0.1, 0.15) is 34.0 Å². The van der Waals surface area contributed by atoms with Crippen LogP contribution in [0.4, 0.5) is 0 Å². The number of rotatable bonds is 28. The molecule has 0 aliphatic rings. The number of aliphatic hydroxyl groups is 3. The minimum Gasteiger partial charge on any atom is -0.512 e. The Morgan fingerprint density at radius 2 is 0.597 bits per heavy atom. The van der Waals surface area contributed by atoms with E-state index in [0.717, 1.165) is 189 Å². The second-order valence-corrected chi connectivity index (χ2v) is 39.2. The molecule has 6 aromatic heterocycles. The van der Waals surface area contributed by atoms with Crippen LogP contribution in [0.3, 0.4) is 0 Å². The number of carbonyl (C=O) groups is 3. The molecular formula is C119H154Ir3N3O9-3. The van der Waals surface area contributed by atoms with E-state index in [4.69, 9.17) is 13.3 Å². The SMILES string of the molecule is CCC(CC)C(=O)C=C(O)C(CC)CC.CCC(CC)C(=O)C=C(O)C(CC)CC.CCC(CC)C(=O)C=C(O)C(CC)CC.Cc1[c-]c(-c2cc3oc(-c4c(C)cc(C(C)(C)C)cc4C)cc3cn2)cc(C)c1.Cc1[c-]c(-c2cc3oc(-c4cc(C(C)(C)C)cc(C(C)(C)C)c4)cc3cn2)cc(C)c1.Cc1[c-]c(-c2cc3oc(-c4ccc(C(C)C)cc4)cc3cn2)cc(C)c1.[Ir].[Ir].[Ir]. The quantitative estimate of drug-likeness (QED) is 0.0239. The molecule has 0 bridgehead atoms. The van der Waals surface area contributed by atoms with E-state index in [9.17, 15) is 29.7 Å². The smallest absolute Gasteiger partial charge is 0.162 e. The average molecular weight is 2350 g/mol. The first-order chi connectivity index (χ1) is 61.8. The summed E-state index contributed by atoms with van der Waals surface area (Å²) >= 11 is 0. The Kier molecular flexibility index (Phi) is 47.4. The summed E-state index contributed by atoms with van der Waals surface area (Å²) in [4.78, 5) is 49.1. The number of aliphatic hydroxyl groups excluding tert-OH is 3. The zero-order chi connectivity index (χ0) is 97.3. The molecule has 12 aromatic rings. The van der Waals surface area contributed by atoms with Gasteiger partial charge in [-0.15, -0.1) is 105 Å². The monoisotopic (exact) mass is 2350 g/mol. The molecule has 3 radical (unpaired) electrons. The Morgan fingerprint density at radius 1 is 0.336 bits per heavy atom. The van der Waals surface area contributed by atoms with Crippen molar-refractivity contribution in [1.29, 1.82) is 0 Å². The summed E-state index contributed by atoms with van der Waals surface area (Å²) < 4.78 is 18.8. The minimum atomic E-state index is 0. The third-order valence-electron chi connectivity index (χ3n) is 25.2. The van der Waals surface area contributed by atoms with Crippen LogP contribution in [0.15, 0.2) is 195 Å². The van der Waals surface area contributed by atoms with Crippen LogP contribution in [-0.4, -0.2) is 47.6 Å². The Hall–Kier alpha value is -9.03. The van der Waals surface area contributed by atoms with Crippen molar-refractivity contribution >= 4 is 50.3 Å². The Balaban J connectivity index is 0.000000344. The standard InChI is InChI=1S/C29H32NO.C27H28NO.C24H22NO.3C13H24O2.3Ir/c1-18-9-19(2)11-20(10-18)25-16-27-22(17-30-25)14-26(31-27)21-12-23(28(3,4)5)15-24(13-21)29(6,7)8;1-16-8-17(2)10-20(9-16)23-14-24-21(15-28-23)13-25(29-24)26-18(3)11-22(12-19(26)4)27(5,6)7;1-15(2)18-5-7-19(8-6-18)23-12-21-14-25-22(13-24(21)26-23)20-10-16(3)9-17(4)11-20;3*1-5-10(6-2)12(14)9-13(15)11(7-3)8-4;;;/h9-10,12-17H,1-8H3;8-9,11-15H,1-7H3;5-10,12-15H,1-4H3;3*9-11,14H,5-8H2,1-4H3;;;/q3*-1;;;;;;. The van der Waals surface area contributed by atoms with Crippen molar-refractivity contribution in [1.82, 2.24) is 15.0 Å². The molecular weight excluding hydrogens is 2190 g/mol. The van der Waals surface area contributed by atoms with Crippen LogP contribution >= 0.6 is 0 Å². The number of aromatic nitrogens is 3. The van der Waals surface area contributed by atoms with Crippen molar-refractivity contribution in [3.8, 4) is 67.7 Å². The fourth-order valence-electron chi connectivity index (χ4n) is 16.5. The molecule has 0 amide bonds. The van der Waals surface area contributed by atoms with Gasteiger partial charge in [-0.05, 0) is 212 Å². The van der Waals surface area contributed by atoms with E-state index in [0.29, 0.717) is 5.92 Å². The first-order valence-electron chi connectivity index (χ1n) is 48.2. The van der Waals surface area contributed by atoms with E-state index in [1.54, 1.807) is 0 Å². The third-order valence-corrected chi connectivity index (χ3v) is 25.2. The van der Waals surface area contributed by atoms with E-state index in [-0.39, 0.29) is 147 Å². The summed E-state index contributed by atoms with van der Waals surface area (Å²) in [7, 11) is 0. The van der Waals surface area contributed by atoms with Crippen molar-refractivity contribution in [2.24, 2.45) is 35.5 Å². The van der Waals surface area contributed by atoms with Gasteiger partial charge in [0, 0.05) is 165 Å². The van der Waals surface area contributed by atoms with Gasteiger partial charge in [0.05, 0.1) is 17.3 Å². The van der Waals surface area contributed by atoms with Gasteiger partial charge in [-0.1, -0.05) is 243 Å². The predicted molar refractivity (Wildman–Crippen MR) is 551 cm³/mol. The maximum Gasteiger partial charge on any atom is 0.162 e. The van der Waals surface area contributed by atoms with E-state index in [1.165, 1.54) is 73.9 Å². The molecule has 0 aliphatic carbocycles. The third kappa shape index (κ3) is 33.4. The molecule has 6 heterocycles. The van der Waals surface area contributed by atoms with E-state index in [2.05, 4.69) is 274 Å². The minimum absolute atomic E-state index is 0. The van der Waals surface area contributed by atoms with E-state index in [1.807, 2.05) is 120 Å². The zero-order valence-corrected chi connectivity index (χ0v) is 93.4. The maximum absolute atomic E-state index is 11.7. The van der Waals surface area contributed by atoms with E-state index < -0.39 is 0 Å². The molecule has 15 heteroatoms. The van der Waals surface area contributed by atoms with Crippen molar-refractivity contribution < 1.29 is 103 Å². The summed E-state index contributed by atoms with van der Waals surface area (Å²) in [6.07, 6.45) is 20.4. The van der Waals surface area contributed by atoms with Gasteiger partial charge in [0.25, 0.3) is 0 Å². The molecule has 0 saturated carbocycles. The maximum atomic E-state index is 11.7.